The van der Waals surface area contributed by atoms with Crippen molar-refractivity contribution in [3.05, 3.63) is 40.4 Å². The van der Waals surface area contributed by atoms with Crippen LogP contribution in [0.2, 0.25) is 0 Å². The number of aromatic nitrogens is 1. The molecule has 0 unspecified atom stereocenters. The van der Waals surface area contributed by atoms with Crippen molar-refractivity contribution in [3.8, 4) is 0 Å². The van der Waals surface area contributed by atoms with E-state index in [0.29, 0.717) is 5.52 Å². The van der Waals surface area contributed by atoms with Crippen LogP contribution in [0, 0.1) is 5.82 Å². The van der Waals surface area contributed by atoms with Crippen molar-refractivity contribution in [3.63, 3.8) is 0 Å². The van der Waals surface area contributed by atoms with Gasteiger partial charge < -0.3 is 10.7 Å². The Balaban J connectivity index is 3.03. The van der Waals surface area contributed by atoms with Crippen LogP contribution >= 0.6 is 0 Å². The van der Waals surface area contributed by atoms with E-state index in [4.69, 9.17) is 5.73 Å². The topological polar surface area (TPSA) is 58.9 Å². The van der Waals surface area contributed by atoms with E-state index in [1.807, 2.05) is 0 Å². The van der Waals surface area contributed by atoms with Gasteiger partial charge >= 0.3 is 0 Å². The molecule has 0 aliphatic carbocycles. The number of aromatic amines is 1. The van der Waals surface area contributed by atoms with Gasteiger partial charge in [-0.15, -0.1) is 0 Å². The number of H-pyrrole nitrogens is 1. The van der Waals surface area contributed by atoms with Crippen LogP contribution in [-0.4, -0.2) is 4.98 Å². The van der Waals surface area contributed by atoms with Crippen molar-refractivity contribution < 1.29 is 4.39 Å². The van der Waals surface area contributed by atoms with Gasteiger partial charge in [-0.05, 0) is 12.1 Å². The van der Waals surface area contributed by atoms with Crippen LogP contribution in [0.5, 0.6) is 0 Å². The number of pyridine rings is 1. The van der Waals surface area contributed by atoms with E-state index in [-0.39, 0.29) is 16.6 Å². The van der Waals surface area contributed by atoms with E-state index in [2.05, 4.69) is 4.98 Å². The molecule has 2 rings (SSSR count). The Labute approximate surface area is 73.0 Å². The number of nitrogens with one attached hydrogen (secondary N) is 1. The number of rotatable bonds is 0. The Bertz CT molecular complexity index is 518. The minimum atomic E-state index is -0.425. The molecule has 0 aliphatic heterocycles. The third-order valence-corrected chi connectivity index (χ3v) is 1.85. The van der Waals surface area contributed by atoms with Crippen LogP contribution in [0.1, 0.15) is 0 Å². The summed E-state index contributed by atoms with van der Waals surface area (Å²) in [7, 11) is 0. The van der Waals surface area contributed by atoms with Crippen LogP contribution in [0.4, 0.5) is 10.1 Å². The van der Waals surface area contributed by atoms with Gasteiger partial charge in [0.05, 0.1) is 10.9 Å². The molecule has 0 aliphatic rings. The fraction of sp³-hybridized carbons (Fsp3) is 0. The smallest absolute Gasteiger partial charge is 0.250 e. The van der Waals surface area contributed by atoms with Crippen LogP contribution in [0.3, 0.4) is 0 Å². The molecule has 1 aromatic carbocycles. The fourth-order valence-corrected chi connectivity index (χ4v) is 1.30. The predicted octanol–water partition coefficient (Wildman–Crippen LogP) is 1.25. The van der Waals surface area contributed by atoms with Gasteiger partial charge in [0, 0.05) is 11.8 Å². The van der Waals surface area contributed by atoms with Crippen LogP contribution in [0.15, 0.2) is 29.1 Å². The molecule has 13 heavy (non-hydrogen) atoms. The average molecular weight is 178 g/mol. The predicted molar refractivity (Wildman–Crippen MR) is 48.9 cm³/mol. The first kappa shape index (κ1) is 7.79. The lowest BCUT2D eigenvalue weighted by Gasteiger charge is -2.01. The standard InChI is InChI=1S/C9H7FN2O/c10-5-2-1-3-7-9(5)6(11)4-8(13)12-7/h1-4H,(H3,11,12,13). The second-order valence-corrected chi connectivity index (χ2v) is 2.75. The van der Waals surface area contributed by atoms with E-state index >= 15 is 0 Å². The summed E-state index contributed by atoms with van der Waals surface area (Å²) in [5.41, 5.74) is 5.76. The molecule has 66 valence electrons. The summed E-state index contributed by atoms with van der Waals surface area (Å²) in [6.07, 6.45) is 0. The minimum absolute atomic E-state index is 0.164. The normalized spacial score (nSPS) is 10.5. The molecular formula is C9H7FN2O. The highest BCUT2D eigenvalue weighted by Gasteiger charge is 2.04. The van der Waals surface area contributed by atoms with E-state index in [1.165, 1.54) is 18.2 Å². The molecule has 3 N–H and O–H groups in total. The summed E-state index contributed by atoms with van der Waals surface area (Å²) in [4.78, 5) is 13.5. The highest BCUT2D eigenvalue weighted by atomic mass is 19.1. The zero-order valence-corrected chi connectivity index (χ0v) is 6.67. The van der Waals surface area contributed by atoms with Crippen molar-refractivity contribution in [2.24, 2.45) is 0 Å². The molecular weight excluding hydrogens is 171 g/mol. The molecule has 0 amide bonds. The monoisotopic (exact) mass is 178 g/mol. The molecule has 4 heteroatoms. The van der Waals surface area contributed by atoms with Gasteiger partial charge in [-0.25, -0.2) is 4.39 Å². The van der Waals surface area contributed by atoms with Crippen molar-refractivity contribution >= 4 is 16.6 Å². The van der Waals surface area contributed by atoms with E-state index < -0.39 is 5.82 Å². The molecule has 0 saturated carbocycles. The van der Waals surface area contributed by atoms with Crippen LogP contribution < -0.4 is 11.3 Å². The maximum absolute atomic E-state index is 13.2. The molecule has 1 aromatic heterocycles. The Hall–Kier alpha value is -1.84. The molecule has 0 bridgehead atoms. The Kier molecular flexibility index (Phi) is 1.55. The molecule has 2 aromatic rings. The van der Waals surface area contributed by atoms with Crippen molar-refractivity contribution in [1.29, 1.82) is 0 Å². The lowest BCUT2D eigenvalue weighted by atomic mass is 10.2. The molecule has 0 fully saturated rings. The van der Waals surface area contributed by atoms with E-state index in [1.54, 1.807) is 6.07 Å². The van der Waals surface area contributed by atoms with Crippen LogP contribution in [0.25, 0.3) is 10.9 Å². The summed E-state index contributed by atoms with van der Waals surface area (Å²) < 4.78 is 13.2. The number of nitrogen functional groups attached to an aromatic ring is 1. The second kappa shape index (κ2) is 2.58. The summed E-state index contributed by atoms with van der Waals surface area (Å²) in [5, 5.41) is 0.266. The van der Waals surface area contributed by atoms with E-state index in [9.17, 15) is 9.18 Å². The lowest BCUT2D eigenvalue weighted by molar-refractivity contribution is 0.640. The minimum Gasteiger partial charge on any atom is -0.398 e. The van der Waals surface area contributed by atoms with Gasteiger partial charge in [0.15, 0.2) is 0 Å². The highest BCUT2D eigenvalue weighted by molar-refractivity contribution is 5.90. The summed E-state index contributed by atoms with van der Waals surface area (Å²) in [6.45, 7) is 0. The van der Waals surface area contributed by atoms with Gasteiger partial charge in [0.2, 0.25) is 5.56 Å². The molecule has 1 heterocycles. The van der Waals surface area contributed by atoms with Crippen molar-refractivity contribution in [1.82, 2.24) is 4.98 Å². The largest absolute Gasteiger partial charge is 0.398 e. The molecule has 0 atom stereocenters. The van der Waals surface area contributed by atoms with Gasteiger partial charge in [-0.2, -0.15) is 0 Å². The second-order valence-electron chi connectivity index (χ2n) is 2.75. The van der Waals surface area contributed by atoms with E-state index in [0.717, 1.165) is 0 Å². The third-order valence-electron chi connectivity index (χ3n) is 1.85. The van der Waals surface area contributed by atoms with Crippen molar-refractivity contribution in [2.75, 3.05) is 5.73 Å². The SMILES string of the molecule is Nc1cc(=O)[nH]c2cccc(F)c12. The number of nitrogens with two attached hydrogens (primary N) is 1. The van der Waals surface area contributed by atoms with Gasteiger partial charge in [-0.3, -0.25) is 4.79 Å². The fourth-order valence-electron chi connectivity index (χ4n) is 1.30. The number of hydrogen-bond donors (Lipinski definition) is 2. The molecule has 0 saturated heterocycles. The Morgan fingerprint density at radius 1 is 1.38 bits per heavy atom. The first-order chi connectivity index (χ1) is 6.18. The summed E-state index contributed by atoms with van der Waals surface area (Å²) in [5.74, 6) is -0.425. The van der Waals surface area contributed by atoms with Crippen molar-refractivity contribution in [2.45, 2.75) is 0 Å². The van der Waals surface area contributed by atoms with Gasteiger partial charge in [0.25, 0.3) is 0 Å². The highest BCUT2D eigenvalue weighted by Crippen LogP contribution is 2.19. The third kappa shape index (κ3) is 1.16. The number of halogens is 1. The Morgan fingerprint density at radius 2 is 2.15 bits per heavy atom. The first-order valence-corrected chi connectivity index (χ1v) is 3.75. The quantitative estimate of drug-likeness (QED) is 0.637. The number of benzene rings is 1. The maximum Gasteiger partial charge on any atom is 0.250 e. The zero-order valence-electron chi connectivity index (χ0n) is 6.67. The number of fused-ring (bicyclic) bond motifs is 1. The lowest BCUT2D eigenvalue weighted by Crippen LogP contribution is -2.06. The average Bonchev–Trinajstić information content (AvgIpc) is 2.02. The molecule has 3 nitrogen and oxygen atoms in total. The summed E-state index contributed by atoms with van der Waals surface area (Å²) >= 11 is 0. The molecule has 0 radical (unpaired) electrons. The van der Waals surface area contributed by atoms with Gasteiger partial charge in [-0.1, -0.05) is 6.07 Å². The van der Waals surface area contributed by atoms with Gasteiger partial charge in [0.1, 0.15) is 5.82 Å². The summed E-state index contributed by atoms with van der Waals surface area (Å²) in [6, 6.07) is 5.60. The maximum atomic E-state index is 13.2. The van der Waals surface area contributed by atoms with Crippen LogP contribution in [-0.2, 0) is 0 Å². The zero-order chi connectivity index (χ0) is 9.42. The molecule has 0 spiro atoms. The Morgan fingerprint density at radius 3 is 2.92 bits per heavy atom. The number of hydrogen-bond acceptors (Lipinski definition) is 2. The first-order valence-electron chi connectivity index (χ1n) is 3.75. The number of anilines is 1.